The SMILES string of the molecule is Cc1nc([C@@H](C)n2cnc3sc4c(c3c2=O)CC[C@@H](NC2CCCCCC2)C4)cs1. The fourth-order valence-corrected chi connectivity index (χ4v) is 7.05. The van der Waals surface area contributed by atoms with Crippen molar-refractivity contribution in [3.63, 3.8) is 0 Å². The lowest BCUT2D eigenvalue weighted by Gasteiger charge is -2.28. The van der Waals surface area contributed by atoms with Gasteiger partial charge >= 0.3 is 0 Å². The first-order valence-electron chi connectivity index (χ1n) is 11.3. The Hall–Kier alpha value is -1.57. The number of thiophene rings is 1. The van der Waals surface area contributed by atoms with Gasteiger partial charge in [-0.05, 0) is 51.5 Å². The van der Waals surface area contributed by atoms with Crippen molar-refractivity contribution in [2.45, 2.75) is 89.8 Å². The second-order valence-electron chi connectivity index (χ2n) is 8.90. The molecule has 0 amide bonds. The average molecular weight is 443 g/mol. The van der Waals surface area contributed by atoms with Crippen LogP contribution in [0.3, 0.4) is 0 Å². The van der Waals surface area contributed by atoms with E-state index in [0.29, 0.717) is 12.1 Å². The maximum Gasteiger partial charge on any atom is 0.262 e. The molecule has 0 radical (unpaired) electrons. The van der Waals surface area contributed by atoms with Crippen LogP contribution < -0.4 is 10.9 Å². The molecule has 2 aliphatic rings. The summed E-state index contributed by atoms with van der Waals surface area (Å²) in [4.78, 5) is 24.9. The van der Waals surface area contributed by atoms with Crippen LogP contribution >= 0.6 is 22.7 Å². The summed E-state index contributed by atoms with van der Waals surface area (Å²) < 4.78 is 1.76. The van der Waals surface area contributed by atoms with Gasteiger partial charge in [-0.1, -0.05) is 25.7 Å². The van der Waals surface area contributed by atoms with Crippen molar-refractivity contribution in [3.8, 4) is 0 Å². The third-order valence-electron chi connectivity index (χ3n) is 6.80. The van der Waals surface area contributed by atoms with Crippen molar-refractivity contribution < 1.29 is 0 Å². The molecule has 0 spiro atoms. The first kappa shape index (κ1) is 20.3. The Balaban J connectivity index is 1.41. The van der Waals surface area contributed by atoms with Crippen LogP contribution in [0.15, 0.2) is 16.5 Å². The van der Waals surface area contributed by atoms with Crippen LogP contribution in [-0.2, 0) is 12.8 Å². The third kappa shape index (κ3) is 3.87. The van der Waals surface area contributed by atoms with Crippen molar-refractivity contribution in [3.05, 3.63) is 43.2 Å². The Morgan fingerprint density at radius 3 is 2.70 bits per heavy atom. The molecule has 7 heteroatoms. The van der Waals surface area contributed by atoms with Gasteiger partial charge in [0.1, 0.15) is 4.83 Å². The van der Waals surface area contributed by atoms with Crippen LogP contribution in [0, 0.1) is 6.92 Å². The van der Waals surface area contributed by atoms with E-state index < -0.39 is 0 Å². The lowest BCUT2D eigenvalue weighted by Crippen LogP contribution is -2.41. The molecule has 5 rings (SSSR count). The molecule has 160 valence electrons. The van der Waals surface area contributed by atoms with Gasteiger partial charge in [0.2, 0.25) is 0 Å². The Morgan fingerprint density at radius 2 is 1.97 bits per heavy atom. The number of aryl methyl sites for hydroxylation is 2. The van der Waals surface area contributed by atoms with E-state index in [-0.39, 0.29) is 11.6 Å². The van der Waals surface area contributed by atoms with Crippen LogP contribution in [0.5, 0.6) is 0 Å². The molecule has 0 aliphatic heterocycles. The summed E-state index contributed by atoms with van der Waals surface area (Å²) in [5.74, 6) is 0. The number of aromatic nitrogens is 3. The highest BCUT2D eigenvalue weighted by Gasteiger charge is 2.27. The molecule has 0 bridgehead atoms. The van der Waals surface area contributed by atoms with Gasteiger partial charge in [-0.25, -0.2) is 9.97 Å². The van der Waals surface area contributed by atoms with E-state index in [9.17, 15) is 4.79 Å². The van der Waals surface area contributed by atoms with Crippen LogP contribution in [0.25, 0.3) is 10.2 Å². The fourth-order valence-electron chi connectivity index (χ4n) is 5.09. The maximum absolute atomic E-state index is 13.4. The smallest absolute Gasteiger partial charge is 0.262 e. The summed E-state index contributed by atoms with van der Waals surface area (Å²) in [6.07, 6.45) is 13.0. The number of nitrogens with zero attached hydrogens (tertiary/aromatic N) is 3. The molecule has 0 aromatic carbocycles. The van der Waals surface area contributed by atoms with E-state index in [1.54, 1.807) is 33.6 Å². The summed E-state index contributed by atoms with van der Waals surface area (Å²) in [6, 6.07) is 1.11. The van der Waals surface area contributed by atoms with E-state index in [1.807, 2.05) is 19.2 Å². The zero-order valence-corrected chi connectivity index (χ0v) is 19.5. The van der Waals surface area contributed by atoms with Crippen molar-refractivity contribution in [2.24, 2.45) is 0 Å². The minimum absolute atomic E-state index is 0.0887. The standard InChI is InChI=1S/C23H30N4OS2/c1-14(19-12-29-15(2)25-19)27-13-24-22-21(23(27)28)18-10-9-17(11-20(18)30-22)26-16-7-5-3-4-6-8-16/h12-14,16-17,26H,3-11H2,1-2H3/t14-,17-/m1/s1. The first-order chi connectivity index (χ1) is 14.6. The quantitative estimate of drug-likeness (QED) is 0.578. The second kappa shape index (κ2) is 8.52. The van der Waals surface area contributed by atoms with Gasteiger partial charge in [0, 0.05) is 22.3 Å². The minimum Gasteiger partial charge on any atom is -0.311 e. The third-order valence-corrected chi connectivity index (χ3v) is 8.76. The number of hydrogen-bond acceptors (Lipinski definition) is 6. The molecule has 0 unspecified atom stereocenters. The molecule has 2 aliphatic carbocycles. The fraction of sp³-hybridized carbons (Fsp3) is 0.609. The molecule has 0 saturated heterocycles. The largest absolute Gasteiger partial charge is 0.311 e. The molecule has 3 aromatic rings. The number of fused-ring (bicyclic) bond motifs is 3. The number of hydrogen-bond donors (Lipinski definition) is 1. The van der Waals surface area contributed by atoms with Crippen LogP contribution in [0.2, 0.25) is 0 Å². The molecule has 1 N–H and O–H groups in total. The molecular formula is C23H30N4OS2. The van der Waals surface area contributed by atoms with Crippen molar-refractivity contribution in [2.75, 3.05) is 0 Å². The number of rotatable bonds is 4. The summed E-state index contributed by atoms with van der Waals surface area (Å²) in [7, 11) is 0. The molecule has 1 fully saturated rings. The second-order valence-corrected chi connectivity index (χ2v) is 11.0. The molecule has 3 heterocycles. The molecule has 1 saturated carbocycles. The zero-order valence-electron chi connectivity index (χ0n) is 17.8. The molecule has 5 nitrogen and oxygen atoms in total. The van der Waals surface area contributed by atoms with Crippen molar-refractivity contribution in [1.29, 1.82) is 0 Å². The van der Waals surface area contributed by atoms with Gasteiger partial charge in [0.25, 0.3) is 5.56 Å². The van der Waals surface area contributed by atoms with Crippen LogP contribution in [0.4, 0.5) is 0 Å². The lowest BCUT2D eigenvalue weighted by atomic mass is 9.92. The van der Waals surface area contributed by atoms with Crippen molar-refractivity contribution >= 4 is 32.9 Å². The monoisotopic (exact) mass is 442 g/mol. The van der Waals surface area contributed by atoms with E-state index in [2.05, 4.69) is 10.3 Å². The van der Waals surface area contributed by atoms with E-state index in [4.69, 9.17) is 4.98 Å². The number of thiazole rings is 1. The summed E-state index contributed by atoms with van der Waals surface area (Å²) >= 11 is 3.35. The lowest BCUT2D eigenvalue weighted by molar-refractivity contribution is 0.369. The minimum atomic E-state index is -0.0943. The summed E-state index contributed by atoms with van der Waals surface area (Å²) in [6.45, 7) is 4.04. The van der Waals surface area contributed by atoms with Crippen LogP contribution in [-0.4, -0.2) is 26.6 Å². The van der Waals surface area contributed by atoms with Gasteiger partial charge in [-0.15, -0.1) is 22.7 Å². The molecular weight excluding hydrogens is 412 g/mol. The first-order valence-corrected chi connectivity index (χ1v) is 13.0. The maximum atomic E-state index is 13.4. The highest BCUT2D eigenvalue weighted by Crippen LogP contribution is 2.34. The normalized spacial score (nSPS) is 21.5. The van der Waals surface area contributed by atoms with E-state index in [0.717, 1.165) is 40.2 Å². The average Bonchev–Trinajstić information content (AvgIpc) is 3.23. The van der Waals surface area contributed by atoms with E-state index in [1.165, 1.54) is 49.0 Å². The molecule has 3 aromatic heterocycles. The topological polar surface area (TPSA) is 59.8 Å². The molecule has 30 heavy (non-hydrogen) atoms. The Labute approximate surface area is 185 Å². The van der Waals surface area contributed by atoms with Crippen molar-refractivity contribution in [1.82, 2.24) is 19.9 Å². The highest BCUT2D eigenvalue weighted by atomic mass is 32.1. The summed E-state index contributed by atoms with van der Waals surface area (Å²) in [5.41, 5.74) is 2.28. The van der Waals surface area contributed by atoms with Gasteiger partial charge in [-0.3, -0.25) is 9.36 Å². The van der Waals surface area contributed by atoms with Gasteiger partial charge < -0.3 is 5.32 Å². The summed E-state index contributed by atoms with van der Waals surface area (Å²) in [5, 5.41) is 7.87. The van der Waals surface area contributed by atoms with Gasteiger partial charge in [-0.2, -0.15) is 0 Å². The highest BCUT2D eigenvalue weighted by molar-refractivity contribution is 7.18. The Kier molecular flexibility index (Phi) is 5.77. The van der Waals surface area contributed by atoms with Gasteiger partial charge in [0.15, 0.2) is 0 Å². The Bertz CT molecular complexity index is 1090. The van der Waals surface area contributed by atoms with Crippen LogP contribution in [0.1, 0.15) is 79.1 Å². The van der Waals surface area contributed by atoms with E-state index >= 15 is 0 Å². The zero-order chi connectivity index (χ0) is 20.7. The number of nitrogens with one attached hydrogen (secondary N) is 1. The molecule has 2 atom stereocenters. The predicted molar refractivity (Wildman–Crippen MR) is 125 cm³/mol. The Morgan fingerprint density at radius 1 is 1.17 bits per heavy atom. The van der Waals surface area contributed by atoms with Gasteiger partial charge in [0.05, 0.1) is 28.5 Å². The predicted octanol–water partition coefficient (Wildman–Crippen LogP) is 5.00.